The van der Waals surface area contributed by atoms with Crippen molar-refractivity contribution >= 4 is 5.91 Å². The van der Waals surface area contributed by atoms with Crippen LogP contribution in [0, 0.1) is 5.92 Å². The van der Waals surface area contributed by atoms with E-state index in [-0.39, 0.29) is 11.8 Å². The fourth-order valence-corrected chi connectivity index (χ4v) is 1.91. The molecule has 1 aromatic rings. The first-order valence-corrected chi connectivity index (χ1v) is 6.65. The third-order valence-corrected chi connectivity index (χ3v) is 2.97. The molecular weight excluding hydrogens is 254 g/mol. The average molecular weight is 277 g/mol. The highest BCUT2D eigenvalue weighted by atomic mass is 16.5. The molecule has 0 aliphatic heterocycles. The Morgan fingerprint density at radius 2 is 2.05 bits per heavy atom. The largest absolute Gasteiger partial charge is 0.493 e. The molecule has 0 heterocycles. The van der Waals surface area contributed by atoms with E-state index in [4.69, 9.17) is 9.47 Å². The van der Waals surface area contributed by atoms with Crippen LogP contribution >= 0.6 is 0 Å². The van der Waals surface area contributed by atoms with Gasteiger partial charge in [0, 0.05) is 18.0 Å². The maximum Gasteiger partial charge on any atom is 0.222 e. The SMILES string of the molecule is C=CCc1cc(CNC(=O)C(C)C)cc(OC)c1OC. The summed E-state index contributed by atoms with van der Waals surface area (Å²) in [4.78, 5) is 11.6. The number of carbonyl (C=O) groups is 1. The molecule has 0 fully saturated rings. The first-order valence-electron chi connectivity index (χ1n) is 6.65. The van der Waals surface area contributed by atoms with Gasteiger partial charge in [0.25, 0.3) is 0 Å². The number of allylic oxidation sites excluding steroid dienone is 1. The standard InChI is InChI=1S/C16H23NO3/c1-6-7-13-8-12(10-17-16(18)11(2)3)9-14(19-4)15(13)20-5/h6,8-9,11H,1,7,10H2,2-5H3,(H,17,18). The molecule has 1 N–H and O–H groups in total. The molecule has 0 saturated carbocycles. The van der Waals surface area contributed by atoms with Crippen LogP contribution < -0.4 is 14.8 Å². The Balaban J connectivity index is 2.99. The minimum atomic E-state index is -0.0252. The number of hydrogen-bond donors (Lipinski definition) is 1. The molecule has 1 amide bonds. The van der Waals surface area contributed by atoms with Gasteiger partial charge < -0.3 is 14.8 Å². The molecule has 20 heavy (non-hydrogen) atoms. The molecule has 110 valence electrons. The van der Waals surface area contributed by atoms with E-state index < -0.39 is 0 Å². The zero-order chi connectivity index (χ0) is 15.1. The Hall–Kier alpha value is -1.97. The zero-order valence-corrected chi connectivity index (χ0v) is 12.7. The molecular formula is C16H23NO3. The van der Waals surface area contributed by atoms with E-state index >= 15 is 0 Å². The lowest BCUT2D eigenvalue weighted by atomic mass is 10.1. The second-order valence-corrected chi connectivity index (χ2v) is 4.86. The molecule has 0 aliphatic carbocycles. The van der Waals surface area contributed by atoms with Crippen molar-refractivity contribution in [2.45, 2.75) is 26.8 Å². The Bertz CT molecular complexity index is 481. The highest BCUT2D eigenvalue weighted by Crippen LogP contribution is 2.33. The summed E-state index contributed by atoms with van der Waals surface area (Å²) < 4.78 is 10.7. The number of hydrogen-bond acceptors (Lipinski definition) is 3. The monoisotopic (exact) mass is 277 g/mol. The van der Waals surface area contributed by atoms with Gasteiger partial charge in [-0.05, 0) is 24.1 Å². The average Bonchev–Trinajstić information content (AvgIpc) is 2.44. The van der Waals surface area contributed by atoms with Gasteiger partial charge in [-0.1, -0.05) is 19.9 Å². The molecule has 0 bridgehead atoms. The van der Waals surface area contributed by atoms with Crippen molar-refractivity contribution in [3.63, 3.8) is 0 Å². The second kappa shape index (κ2) is 7.58. The number of amides is 1. The summed E-state index contributed by atoms with van der Waals surface area (Å²) in [5, 5.41) is 2.90. The summed E-state index contributed by atoms with van der Waals surface area (Å²) in [6, 6.07) is 3.88. The van der Waals surface area contributed by atoms with Gasteiger partial charge >= 0.3 is 0 Å². The third-order valence-electron chi connectivity index (χ3n) is 2.97. The van der Waals surface area contributed by atoms with Gasteiger partial charge in [0.15, 0.2) is 11.5 Å². The molecule has 4 heteroatoms. The summed E-state index contributed by atoms with van der Waals surface area (Å²) >= 11 is 0. The predicted octanol–water partition coefficient (Wildman–Crippen LogP) is 2.70. The molecule has 0 aromatic heterocycles. The summed E-state index contributed by atoms with van der Waals surface area (Å²) in [7, 11) is 3.22. The molecule has 0 spiro atoms. The van der Waals surface area contributed by atoms with Crippen molar-refractivity contribution < 1.29 is 14.3 Å². The first kappa shape index (κ1) is 16.1. The fourth-order valence-electron chi connectivity index (χ4n) is 1.91. The van der Waals surface area contributed by atoms with Crippen LogP contribution in [0.5, 0.6) is 11.5 Å². The first-order chi connectivity index (χ1) is 9.53. The fraction of sp³-hybridized carbons (Fsp3) is 0.438. The molecule has 0 aliphatic rings. The number of methoxy groups -OCH3 is 2. The van der Waals surface area contributed by atoms with Crippen LogP contribution in [0.1, 0.15) is 25.0 Å². The smallest absolute Gasteiger partial charge is 0.222 e. The van der Waals surface area contributed by atoms with Crippen LogP contribution in [-0.2, 0) is 17.8 Å². The predicted molar refractivity (Wildman–Crippen MR) is 80.1 cm³/mol. The summed E-state index contributed by atoms with van der Waals surface area (Å²) in [6.07, 6.45) is 2.50. The van der Waals surface area contributed by atoms with Crippen molar-refractivity contribution in [1.82, 2.24) is 5.32 Å². The Morgan fingerprint density at radius 1 is 1.35 bits per heavy atom. The van der Waals surface area contributed by atoms with Crippen LogP contribution in [0.3, 0.4) is 0 Å². The van der Waals surface area contributed by atoms with E-state index in [1.165, 1.54) is 0 Å². The third kappa shape index (κ3) is 4.02. The van der Waals surface area contributed by atoms with Gasteiger partial charge in [-0.2, -0.15) is 0 Å². The van der Waals surface area contributed by atoms with Crippen molar-refractivity contribution in [2.24, 2.45) is 5.92 Å². The minimum Gasteiger partial charge on any atom is -0.493 e. The van der Waals surface area contributed by atoms with Gasteiger partial charge in [0.1, 0.15) is 0 Å². The highest BCUT2D eigenvalue weighted by Gasteiger charge is 2.12. The van der Waals surface area contributed by atoms with E-state index in [0.29, 0.717) is 24.5 Å². The Morgan fingerprint density at radius 3 is 2.55 bits per heavy atom. The molecule has 1 rings (SSSR count). The van der Waals surface area contributed by atoms with E-state index in [9.17, 15) is 4.79 Å². The lowest BCUT2D eigenvalue weighted by Gasteiger charge is -2.15. The van der Waals surface area contributed by atoms with E-state index in [1.807, 2.05) is 32.1 Å². The molecule has 4 nitrogen and oxygen atoms in total. The molecule has 0 unspecified atom stereocenters. The van der Waals surface area contributed by atoms with Crippen molar-refractivity contribution in [1.29, 1.82) is 0 Å². The van der Waals surface area contributed by atoms with Gasteiger partial charge in [0.05, 0.1) is 14.2 Å². The molecule has 0 atom stereocenters. The van der Waals surface area contributed by atoms with Gasteiger partial charge in [-0.25, -0.2) is 0 Å². The lowest BCUT2D eigenvalue weighted by Crippen LogP contribution is -2.27. The van der Waals surface area contributed by atoms with Crippen molar-refractivity contribution in [2.75, 3.05) is 14.2 Å². The van der Waals surface area contributed by atoms with Crippen molar-refractivity contribution in [3.8, 4) is 11.5 Å². The maximum atomic E-state index is 11.6. The van der Waals surface area contributed by atoms with Gasteiger partial charge in [0.2, 0.25) is 5.91 Å². The normalized spacial score (nSPS) is 10.2. The number of rotatable bonds is 7. The maximum absolute atomic E-state index is 11.6. The Labute approximate surface area is 120 Å². The quantitative estimate of drug-likeness (QED) is 0.780. The minimum absolute atomic E-state index is 0.0252. The van der Waals surface area contributed by atoms with Gasteiger partial charge in [-0.15, -0.1) is 6.58 Å². The second-order valence-electron chi connectivity index (χ2n) is 4.86. The molecule has 1 aromatic carbocycles. The lowest BCUT2D eigenvalue weighted by molar-refractivity contribution is -0.124. The summed E-state index contributed by atoms with van der Waals surface area (Å²) in [5.74, 6) is 1.39. The van der Waals surface area contributed by atoms with E-state index in [1.54, 1.807) is 14.2 Å². The summed E-state index contributed by atoms with van der Waals surface area (Å²) in [6.45, 7) is 7.96. The van der Waals surface area contributed by atoms with E-state index in [0.717, 1.165) is 11.1 Å². The van der Waals surface area contributed by atoms with Crippen molar-refractivity contribution in [3.05, 3.63) is 35.9 Å². The van der Waals surface area contributed by atoms with Crippen LogP contribution in [-0.4, -0.2) is 20.1 Å². The van der Waals surface area contributed by atoms with Crippen LogP contribution in [0.15, 0.2) is 24.8 Å². The molecule has 0 radical (unpaired) electrons. The number of benzene rings is 1. The number of nitrogens with one attached hydrogen (secondary N) is 1. The van der Waals surface area contributed by atoms with Crippen LogP contribution in [0.25, 0.3) is 0 Å². The van der Waals surface area contributed by atoms with Gasteiger partial charge in [-0.3, -0.25) is 4.79 Å². The highest BCUT2D eigenvalue weighted by molar-refractivity contribution is 5.77. The zero-order valence-electron chi connectivity index (χ0n) is 12.7. The van der Waals surface area contributed by atoms with Crippen LogP contribution in [0.4, 0.5) is 0 Å². The Kier molecular flexibility index (Phi) is 6.10. The topological polar surface area (TPSA) is 47.6 Å². The summed E-state index contributed by atoms with van der Waals surface area (Å²) in [5.41, 5.74) is 1.98. The van der Waals surface area contributed by atoms with E-state index in [2.05, 4.69) is 11.9 Å². The number of ether oxygens (including phenoxy) is 2. The molecule has 0 saturated heterocycles. The van der Waals surface area contributed by atoms with Crippen LogP contribution in [0.2, 0.25) is 0 Å². The number of carbonyl (C=O) groups excluding carboxylic acids is 1.